The number of anilines is 1. The van der Waals surface area contributed by atoms with E-state index in [1.165, 1.54) is 4.88 Å². The standard InChI is InChI=1S/C19H28N2O4S/c1-15-2-3-18(26-15)21-13-19(25-11-17(21)22)12-20(6-9-24-14-19)10-16-4-7-23-8-5-16/h2-3,16H,4-14H2,1H3/t19-/m0/s1. The Kier molecular flexibility index (Phi) is 5.61. The molecule has 1 spiro atoms. The van der Waals surface area contributed by atoms with Crippen LogP contribution in [0.4, 0.5) is 5.00 Å². The fraction of sp³-hybridized carbons (Fsp3) is 0.737. The van der Waals surface area contributed by atoms with Crippen molar-refractivity contribution in [1.82, 2.24) is 4.90 Å². The maximum Gasteiger partial charge on any atom is 0.253 e. The number of carbonyl (C=O) groups is 1. The summed E-state index contributed by atoms with van der Waals surface area (Å²) in [6.07, 6.45) is 2.26. The Hall–Kier alpha value is -0.990. The van der Waals surface area contributed by atoms with Crippen LogP contribution in [0.5, 0.6) is 0 Å². The monoisotopic (exact) mass is 380 g/mol. The number of rotatable bonds is 3. The average Bonchev–Trinajstić information content (AvgIpc) is 2.98. The second-order valence-corrected chi connectivity index (χ2v) is 8.95. The van der Waals surface area contributed by atoms with E-state index in [0.717, 1.165) is 57.3 Å². The summed E-state index contributed by atoms with van der Waals surface area (Å²) in [5.74, 6) is 0.720. The van der Waals surface area contributed by atoms with Crippen LogP contribution < -0.4 is 4.90 Å². The van der Waals surface area contributed by atoms with Crippen molar-refractivity contribution >= 4 is 22.2 Å². The first-order valence-electron chi connectivity index (χ1n) is 9.52. The first kappa shape index (κ1) is 18.4. The smallest absolute Gasteiger partial charge is 0.253 e. The van der Waals surface area contributed by atoms with Gasteiger partial charge in [0.2, 0.25) is 0 Å². The molecule has 3 aliphatic rings. The van der Waals surface area contributed by atoms with Crippen LogP contribution in [-0.2, 0) is 19.0 Å². The Bertz CT molecular complexity index is 631. The largest absolute Gasteiger partial charge is 0.381 e. The van der Waals surface area contributed by atoms with E-state index in [9.17, 15) is 4.79 Å². The molecule has 0 saturated carbocycles. The van der Waals surface area contributed by atoms with Crippen LogP contribution in [0.15, 0.2) is 12.1 Å². The summed E-state index contributed by atoms with van der Waals surface area (Å²) in [4.78, 5) is 18.0. The number of hydrogen-bond donors (Lipinski definition) is 0. The van der Waals surface area contributed by atoms with E-state index in [0.29, 0.717) is 19.1 Å². The average molecular weight is 381 g/mol. The quantitative estimate of drug-likeness (QED) is 0.802. The summed E-state index contributed by atoms with van der Waals surface area (Å²) in [5, 5.41) is 1.01. The number of ether oxygens (including phenoxy) is 3. The van der Waals surface area contributed by atoms with Crippen molar-refractivity contribution in [3.63, 3.8) is 0 Å². The number of nitrogens with zero attached hydrogens (tertiary/aromatic N) is 2. The normalized spacial score (nSPS) is 29.3. The molecule has 4 heterocycles. The third-order valence-electron chi connectivity index (χ3n) is 5.53. The number of aryl methyl sites for hydroxylation is 1. The zero-order valence-corrected chi connectivity index (χ0v) is 16.3. The van der Waals surface area contributed by atoms with Crippen LogP contribution >= 0.6 is 11.3 Å². The first-order valence-corrected chi connectivity index (χ1v) is 10.3. The van der Waals surface area contributed by atoms with Gasteiger partial charge in [-0.15, -0.1) is 11.3 Å². The number of thiophene rings is 1. The lowest BCUT2D eigenvalue weighted by Crippen LogP contribution is -2.61. The molecule has 0 bridgehead atoms. The second kappa shape index (κ2) is 7.94. The zero-order chi connectivity index (χ0) is 18.0. The number of morpholine rings is 1. The van der Waals surface area contributed by atoms with Crippen molar-refractivity contribution in [2.24, 2.45) is 5.92 Å². The predicted molar refractivity (Wildman–Crippen MR) is 101 cm³/mol. The molecule has 1 atom stereocenters. The molecule has 6 nitrogen and oxygen atoms in total. The second-order valence-electron chi connectivity index (χ2n) is 7.68. The van der Waals surface area contributed by atoms with Crippen molar-refractivity contribution in [2.75, 3.05) is 64.1 Å². The minimum absolute atomic E-state index is 0.0395. The van der Waals surface area contributed by atoms with E-state index in [-0.39, 0.29) is 12.5 Å². The lowest BCUT2D eigenvalue weighted by atomic mass is 9.97. The van der Waals surface area contributed by atoms with Gasteiger partial charge in [0.1, 0.15) is 12.2 Å². The predicted octanol–water partition coefficient (Wildman–Crippen LogP) is 1.92. The third kappa shape index (κ3) is 4.12. The lowest BCUT2D eigenvalue weighted by molar-refractivity contribution is -0.146. The molecule has 0 unspecified atom stereocenters. The highest BCUT2D eigenvalue weighted by atomic mass is 32.1. The van der Waals surface area contributed by atoms with Gasteiger partial charge in [-0.05, 0) is 37.8 Å². The summed E-state index contributed by atoms with van der Waals surface area (Å²) in [7, 11) is 0. The molecular formula is C19H28N2O4S. The number of hydrogen-bond acceptors (Lipinski definition) is 6. The van der Waals surface area contributed by atoms with Crippen LogP contribution in [0.1, 0.15) is 17.7 Å². The molecule has 3 aliphatic heterocycles. The zero-order valence-electron chi connectivity index (χ0n) is 15.4. The molecule has 1 aromatic rings. The van der Waals surface area contributed by atoms with Gasteiger partial charge in [-0.25, -0.2) is 0 Å². The molecular weight excluding hydrogens is 352 g/mol. The fourth-order valence-corrected chi connectivity index (χ4v) is 4.98. The Balaban J connectivity index is 1.47. The molecule has 7 heteroatoms. The van der Waals surface area contributed by atoms with E-state index in [2.05, 4.69) is 17.9 Å². The molecule has 0 aromatic carbocycles. The maximum atomic E-state index is 12.5. The summed E-state index contributed by atoms with van der Waals surface area (Å²) in [6.45, 7) is 8.58. The van der Waals surface area contributed by atoms with Gasteiger partial charge in [-0.1, -0.05) is 0 Å². The van der Waals surface area contributed by atoms with Crippen molar-refractivity contribution in [3.8, 4) is 0 Å². The molecule has 1 aromatic heterocycles. The van der Waals surface area contributed by atoms with Crippen molar-refractivity contribution in [2.45, 2.75) is 25.4 Å². The summed E-state index contributed by atoms with van der Waals surface area (Å²) in [6, 6.07) is 4.10. The molecule has 1 amide bonds. The van der Waals surface area contributed by atoms with E-state index < -0.39 is 5.60 Å². The van der Waals surface area contributed by atoms with Crippen molar-refractivity contribution < 1.29 is 19.0 Å². The minimum Gasteiger partial charge on any atom is -0.381 e. The molecule has 0 radical (unpaired) electrons. The number of amides is 1. The Labute approximate surface area is 159 Å². The molecule has 4 rings (SSSR count). The van der Waals surface area contributed by atoms with Crippen molar-refractivity contribution in [3.05, 3.63) is 17.0 Å². The molecule has 26 heavy (non-hydrogen) atoms. The lowest BCUT2D eigenvalue weighted by Gasteiger charge is -2.43. The highest BCUT2D eigenvalue weighted by molar-refractivity contribution is 7.16. The van der Waals surface area contributed by atoms with Gasteiger partial charge < -0.3 is 14.2 Å². The van der Waals surface area contributed by atoms with E-state index in [1.54, 1.807) is 11.3 Å². The molecule has 144 valence electrons. The van der Waals surface area contributed by atoms with Gasteiger partial charge in [0, 0.05) is 37.7 Å². The Morgan fingerprint density at radius 2 is 2.04 bits per heavy atom. The van der Waals surface area contributed by atoms with Crippen LogP contribution in [0.25, 0.3) is 0 Å². The Morgan fingerprint density at radius 3 is 2.81 bits per heavy atom. The topological polar surface area (TPSA) is 51.2 Å². The third-order valence-corrected chi connectivity index (χ3v) is 6.55. The summed E-state index contributed by atoms with van der Waals surface area (Å²) in [5.41, 5.74) is -0.437. The van der Waals surface area contributed by atoms with Crippen LogP contribution in [-0.4, -0.2) is 75.6 Å². The van der Waals surface area contributed by atoms with Crippen LogP contribution in [0, 0.1) is 12.8 Å². The van der Waals surface area contributed by atoms with E-state index in [1.807, 2.05) is 11.0 Å². The van der Waals surface area contributed by atoms with Crippen LogP contribution in [0.3, 0.4) is 0 Å². The fourth-order valence-electron chi connectivity index (χ4n) is 4.10. The van der Waals surface area contributed by atoms with Gasteiger partial charge in [0.25, 0.3) is 5.91 Å². The van der Waals surface area contributed by atoms with Gasteiger partial charge in [0.05, 0.1) is 24.8 Å². The Morgan fingerprint density at radius 1 is 1.19 bits per heavy atom. The van der Waals surface area contributed by atoms with E-state index in [4.69, 9.17) is 14.2 Å². The van der Waals surface area contributed by atoms with Gasteiger partial charge in [0.15, 0.2) is 0 Å². The van der Waals surface area contributed by atoms with Crippen molar-refractivity contribution in [1.29, 1.82) is 0 Å². The molecule has 0 N–H and O–H groups in total. The minimum atomic E-state index is -0.437. The SMILES string of the molecule is Cc1ccc(N2C[C@@]3(COCCN(CC4CCOCC4)C3)OCC2=O)s1. The molecule has 3 saturated heterocycles. The van der Waals surface area contributed by atoms with Gasteiger partial charge in [-0.2, -0.15) is 0 Å². The van der Waals surface area contributed by atoms with Gasteiger partial charge in [-0.3, -0.25) is 14.6 Å². The van der Waals surface area contributed by atoms with Crippen LogP contribution in [0.2, 0.25) is 0 Å². The first-order chi connectivity index (χ1) is 12.6. The highest BCUT2D eigenvalue weighted by Gasteiger charge is 2.43. The summed E-state index contributed by atoms with van der Waals surface area (Å²) < 4.78 is 17.5. The van der Waals surface area contributed by atoms with Gasteiger partial charge >= 0.3 is 0 Å². The van der Waals surface area contributed by atoms with E-state index >= 15 is 0 Å². The highest BCUT2D eigenvalue weighted by Crippen LogP contribution is 2.32. The molecule has 0 aliphatic carbocycles. The number of carbonyl (C=O) groups excluding carboxylic acids is 1. The molecule has 3 fully saturated rings. The summed E-state index contributed by atoms with van der Waals surface area (Å²) >= 11 is 1.66. The maximum absolute atomic E-state index is 12.5.